The molecule has 4 N–H and O–H groups in total. The smallest absolute Gasteiger partial charge is 0.394 e. The zero-order valence-electron chi connectivity index (χ0n) is 56.7. The van der Waals surface area contributed by atoms with Gasteiger partial charge in [0.25, 0.3) is 17.7 Å². The molecule has 93 heavy (non-hydrogen) atoms. The average Bonchev–Trinajstić information content (AvgIpc) is 0.626. The molecule has 12 aliphatic rings. The highest BCUT2D eigenvalue weighted by Gasteiger charge is 2.88. The summed E-state index contributed by atoms with van der Waals surface area (Å²) in [4.78, 5) is 54.7. The van der Waals surface area contributed by atoms with Crippen molar-refractivity contribution >= 4 is 79.4 Å². The van der Waals surface area contributed by atoms with Crippen molar-refractivity contribution in [2.75, 3.05) is 19.6 Å². The zero-order chi connectivity index (χ0) is 65.5. The normalized spacial score (nSPS) is 35.9. The molecule has 6 unspecified atom stereocenters. The predicted molar refractivity (Wildman–Crippen MR) is 370 cm³/mol. The van der Waals surface area contributed by atoms with E-state index in [1.807, 2.05) is 74.5 Å². The second-order valence-corrected chi connectivity index (χ2v) is 43.5. The molecule has 2 bridgehead atoms. The fourth-order valence-electron chi connectivity index (χ4n) is 24.7. The van der Waals surface area contributed by atoms with Gasteiger partial charge in [-0.05, 0) is 275 Å². The van der Waals surface area contributed by atoms with Crippen LogP contribution in [0.25, 0.3) is 0 Å². The van der Waals surface area contributed by atoms with Crippen molar-refractivity contribution in [3.8, 4) is 0 Å². The lowest BCUT2D eigenvalue weighted by atomic mass is 9.19. The Balaban J connectivity index is 0.750. The van der Waals surface area contributed by atoms with Gasteiger partial charge in [0.05, 0.1) is 18.3 Å². The number of fused-ring (bicyclic) bond motifs is 4. The van der Waals surface area contributed by atoms with Crippen molar-refractivity contribution in [2.45, 2.75) is 250 Å². The van der Waals surface area contributed by atoms with Gasteiger partial charge in [-0.3, -0.25) is 14.4 Å². The maximum atomic E-state index is 14.0. The Morgan fingerprint density at radius 1 is 0.505 bits per heavy atom. The van der Waals surface area contributed by atoms with Crippen LogP contribution >= 0.6 is 34.8 Å². The van der Waals surface area contributed by atoms with E-state index < -0.39 is 26.9 Å². The second kappa shape index (κ2) is 24.0. The summed E-state index contributed by atoms with van der Waals surface area (Å²) in [7, 11) is -10.4. The molecule has 2 heterocycles. The van der Waals surface area contributed by atoms with Crippen LogP contribution in [0.1, 0.15) is 232 Å². The van der Waals surface area contributed by atoms with Gasteiger partial charge in [-0.25, -0.2) is 0 Å². The highest BCUT2D eigenvalue weighted by molar-refractivity contribution is 6.74. The fourth-order valence-corrected chi connectivity index (χ4v) is 35.0. The summed E-state index contributed by atoms with van der Waals surface area (Å²) in [6.45, 7) is 19.3. The third kappa shape index (κ3) is 12.3. The van der Waals surface area contributed by atoms with Crippen LogP contribution in [0, 0.1) is 59.6 Å². The van der Waals surface area contributed by atoms with Crippen LogP contribution in [-0.2, 0) is 43.9 Å². The van der Waals surface area contributed by atoms with Gasteiger partial charge in [0.15, 0.2) is 0 Å². The number of carbonyl (C=O) groups is 3. The summed E-state index contributed by atoms with van der Waals surface area (Å²) in [5.74, 6) is 0.718. The largest absolute Gasteiger partial charge is 0.494 e. The first-order chi connectivity index (χ1) is 44.0. The van der Waals surface area contributed by atoms with Crippen LogP contribution in [0.2, 0.25) is 18.1 Å². The quantitative estimate of drug-likeness (QED) is 0.0386. The summed E-state index contributed by atoms with van der Waals surface area (Å²) >= 11 is 18.3. The Hall–Kier alpha value is -2.69. The van der Waals surface area contributed by atoms with Crippen LogP contribution in [0.15, 0.2) is 72.8 Å². The standard InChI is InChI=1S/C74H104Cl3N3O10Si3/c1-50(2)85-91(27-9-24-78-58(81)55-18-12-52(30-75)13-19-55)86-61-69(39-67(40-69)35-65(7,8)36-67)43-71(61)45-72(46-71)47-73-48-74(49-73)44-70(41-68(42-70)37-66(38-68)33-64(5,6)34-66)63(74)89-93(87-51(3)4,29-11-26-80-60(83)57-22-16-54(32-77)17-23-57)90-92(84,88-62(72)73)28-10-25-79-59(82)56-20-14-53(31-76)15-21-56/h12-23,50-51,61-63,84,91H,9-11,24-49H2,1-8H3,(H,78,81)(H,79,82)(H,80,83). The monoisotopic (exact) mass is 1380 g/mol. The SMILES string of the molecule is CC(C)O[SiH](CCCNC(=O)c1ccc(CCl)cc1)OC1C2(CC3(CC(C)(C)C3)C2)CC12CC1(C2)CC23CC4(C2)CC2(CC5(CC6(CC(C)(C)C6)C5)C2)C4O[Si](CCCNC(=O)c2ccc(CCl)cc2)(OC(C)C)O[Si](O)(CCCNC(=O)c2ccc(CCl)cc2)OC13. The highest BCUT2D eigenvalue weighted by atomic mass is 35.5. The minimum absolute atomic E-state index is 0.0157. The van der Waals surface area contributed by atoms with E-state index in [1.165, 1.54) is 64.2 Å². The summed E-state index contributed by atoms with van der Waals surface area (Å²) in [5.41, 5.74) is 6.51. The Labute approximate surface area is 572 Å². The topological polar surface area (TPSA) is 163 Å². The molecule has 0 aromatic heterocycles. The molecule has 0 radical (unpaired) electrons. The average molecular weight is 1390 g/mol. The molecule has 15 rings (SSSR count). The van der Waals surface area contributed by atoms with E-state index in [-0.39, 0.29) is 86.8 Å². The molecular weight excluding hydrogens is 1280 g/mol. The molecule has 10 aliphatic carbocycles. The van der Waals surface area contributed by atoms with Gasteiger partial charge < -0.3 is 47.0 Å². The first-order valence-corrected chi connectivity index (χ1v) is 42.8. The first kappa shape index (κ1) is 67.5. The van der Waals surface area contributed by atoms with E-state index in [2.05, 4.69) is 57.5 Å². The molecule has 13 nitrogen and oxygen atoms in total. The molecule has 6 atom stereocenters. The van der Waals surface area contributed by atoms with Crippen molar-refractivity contribution in [2.24, 2.45) is 59.6 Å². The molecule has 2 saturated heterocycles. The van der Waals surface area contributed by atoms with Gasteiger partial charge in [-0.15, -0.1) is 34.8 Å². The van der Waals surface area contributed by atoms with Gasteiger partial charge in [0.1, 0.15) is 0 Å². The number of alkyl halides is 3. The lowest BCUT2D eigenvalue weighted by Gasteiger charge is -2.87. The number of nitrogens with one attached hydrogen (secondary N) is 3. The van der Waals surface area contributed by atoms with Crippen molar-refractivity contribution in [1.29, 1.82) is 0 Å². The molecular formula is C74H104Cl3N3O10Si3. The van der Waals surface area contributed by atoms with Crippen molar-refractivity contribution in [3.63, 3.8) is 0 Å². The molecule has 12 fully saturated rings. The van der Waals surface area contributed by atoms with E-state index >= 15 is 0 Å². The maximum Gasteiger partial charge on any atom is 0.494 e. The van der Waals surface area contributed by atoms with Crippen LogP contribution in [0.3, 0.4) is 0 Å². The Morgan fingerprint density at radius 3 is 1.30 bits per heavy atom. The molecule has 9 spiro atoms. The number of hydrogen-bond acceptors (Lipinski definition) is 10. The Kier molecular flexibility index (Phi) is 17.4. The van der Waals surface area contributed by atoms with Crippen molar-refractivity contribution in [3.05, 3.63) is 106 Å². The predicted octanol–water partition coefficient (Wildman–Crippen LogP) is 15.5. The van der Waals surface area contributed by atoms with E-state index in [4.69, 9.17) is 61.0 Å². The molecule has 3 amide bonds. The maximum absolute atomic E-state index is 14.0. The van der Waals surface area contributed by atoms with Gasteiger partial charge in [0.2, 0.25) is 0 Å². The molecule has 3 aromatic rings. The molecule has 10 saturated carbocycles. The van der Waals surface area contributed by atoms with E-state index in [0.29, 0.717) is 99.9 Å². The van der Waals surface area contributed by atoms with Crippen molar-refractivity contribution in [1.82, 2.24) is 16.0 Å². The van der Waals surface area contributed by atoms with Crippen LogP contribution in [-0.4, -0.2) is 99.6 Å². The number of hydrogen-bond donors (Lipinski definition) is 4. The third-order valence-electron chi connectivity index (χ3n) is 25.0. The zero-order valence-corrected chi connectivity index (χ0v) is 62.1. The highest BCUT2D eigenvalue weighted by Crippen LogP contribution is 2.92. The Bertz CT molecular complexity index is 3280. The summed E-state index contributed by atoms with van der Waals surface area (Å²) in [6.07, 6.45) is 21.3. The molecule has 2 aliphatic heterocycles. The van der Waals surface area contributed by atoms with E-state index in [9.17, 15) is 19.2 Å². The van der Waals surface area contributed by atoms with Gasteiger partial charge in [0, 0.05) is 78.3 Å². The van der Waals surface area contributed by atoms with Gasteiger partial charge in [-0.1, -0.05) is 64.1 Å². The number of benzene rings is 3. The minimum atomic E-state index is -4.29. The second-order valence-electron chi connectivity index (χ2n) is 35.4. The fraction of sp³-hybridized carbons (Fsp3) is 0.716. The van der Waals surface area contributed by atoms with Gasteiger partial charge >= 0.3 is 26.9 Å². The molecule has 3 aromatic carbocycles. The summed E-state index contributed by atoms with van der Waals surface area (Å²) in [6, 6.07) is 23.7. The van der Waals surface area contributed by atoms with E-state index in [0.717, 1.165) is 74.1 Å². The molecule has 508 valence electrons. The summed E-state index contributed by atoms with van der Waals surface area (Å²) < 4.78 is 45.3. The van der Waals surface area contributed by atoms with Crippen LogP contribution in [0.5, 0.6) is 0 Å². The third-order valence-corrected chi connectivity index (χ3v) is 34.8. The first-order valence-electron chi connectivity index (χ1n) is 35.6. The number of halogens is 3. The lowest BCUT2D eigenvalue weighted by Crippen LogP contribution is -2.86. The van der Waals surface area contributed by atoms with Crippen molar-refractivity contribution < 1.29 is 45.4 Å². The van der Waals surface area contributed by atoms with Crippen LogP contribution < -0.4 is 16.0 Å². The number of amides is 3. The lowest BCUT2D eigenvalue weighted by molar-refractivity contribution is -0.409. The minimum Gasteiger partial charge on any atom is -0.394 e. The summed E-state index contributed by atoms with van der Waals surface area (Å²) in [5, 5.41) is 9.52. The number of carbonyl (C=O) groups excluding carboxylic acids is 3. The van der Waals surface area contributed by atoms with Gasteiger partial charge in [-0.2, -0.15) is 0 Å². The number of rotatable bonds is 24. The van der Waals surface area contributed by atoms with Crippen LogP contribution in [0.4, 0.5) is 0 Å². The Morgan fingerprint density at radius 2 is 0.871 bits per heavy atom. The molecule has 19 heteroatoms. The van der Waals surface area contributed by atoms with E-state index in [1.54, 1.807) is 12.1 Å².